The van der Waals surface area contributed by atoms with Gasteiger partial charge in [0.05, 0.1) is 11.4 Å². The zero-order valence-electron chi connectivity index (χ0n) is 18.0. The van der Waals surface area contributed by atoms with Crippen LogP contribution < -0.4 is 0 Å². The standard InChI is InChI=1S/C28H28N2/c1-3-5-7-9-11-13-15-19-25-21-17-23-27(29-25)28-24-18-22-26(30-28)20-16-14-12-10-8-6-4-2/h17-18,21-24H,3-10H2,1-2H3. The molecule has 2 nitrogen and oxygen atoms in total. The maximum absolute atomic E-state index is 4.59. The fraction of sp³-hybridized carbons (Fsp3) is 0.357. The maximum Gasteiger partial charge on any atom is 0.114 e. The van der Waals surface area contributed by atoms with E-state index < -0.39 is 0 Å². The molecule has 2 heterocycles. The zero-order valence-corrected chi connectivity index (χ0v) is 18.0. The minimum atomic E-state index is 0.687. The number of hydrogen-bond acceptors (Lipinski definition) is 2. The highest BCUT2D eigenvalue weighted by molar-refractivity contribution is 5.56. The Kier molecular flexibility index (Phi) is 11.1. The van der Waals surface area contributed by atoms with Gasteiger partial charge in [0.1, 0.15) is 11.4 Å². The lowest BCUT2D eigenvalue weighted by Crippen LogP contribution is -1.92. The summed E-state index contributed by atoms with van der Waals surface area (Å²) >= 11 is 0. The van der Waals surface area contributed by atoms with E-state index in [-0.39, 0.29) is 0 Å². The second-order valence-electron chi connectivity index (χ2n) is 6.83. The Morgan fingerprint density at radius 3 is 1.50 bits per heavy atom. The van der Waals surface area contributed by atoms with E-state index >= 15 is 0 Å². The normalized spacial score (nSPS) is 9.00. The second kappa shape index (κ2) is 14.5. The molecule has 0 atom stereocenters. The van der Waals surface area contributed by atoms with Crippen molar-refractivity contribution in [2.24, 2.45) is 0 Å². The number of rotatable bonds is 7. The third kappa shape index (κ3) is 9.16. The molecule has 0 saturated carbocycles. The van der Waals surface area contributed by atoms with Crippen LogP contribution in [0.1, 0.15) is 76.6 Å². The summed E-state index contributed by atoms with van der Waals surface area (Å²) in [4.78, 5) is 9.18. The van der Waals surface area contributed by atoms with E-state index in [0.717, 1.165) is 37.1 Å². The first-order chi connectivity index (χ1) is 14.8. The monoisotopic (exact) mass is 392 g/mol. The van der Waals surface area contributed by atoms with Crippen LogP contribution in [0.4, 0.5) is 0 Å². The molecule has 2 aromatic rings. The van der Waals surface area contributed by atoms with Gasteiger partial charge in [0, 0.05) is 12.8 Å². The van der Waals surface area contributed by atoms with Gasteiger partial charge in [0.15, 0.2) is 0 Å². The average Bonchev–Trinajstić information content (AvgIpc) is 2.78. The molecular formula is C28H28N2. The van der Waals surface area contributed by atoms with E-state index in [4.69, 9.17) is 0 Å². The molecule has 150 valence electrons. The highest BCUT2D eigenvalue weighted by Crippen LogP contribution is 2.14. The Morgan fingerprint density at radius 2 is 1.07 bits per heavy atom. The number of hydrogen-bond donors (Lipinski definition) is 0. The van der Waals surface area contributed by atoms with Crippen molar-refractivity contribution in [2.45, 2.75) is 65.2 Å². The smallest absolute Gasteiger partial charge is 0.114 e. The number of aromatic nitrogens is 2. The van der Waals surface area contributed by atoms with Gasteiger partial charge in [-0.2, -0.15) is 0 Å². The van der Waals surface area contributed by atoms with Gasteiger partial charge < -0.3 is 0 Å². The molecular weight excluding hydrogens is 364 g/mol. The summed E-state index contributed by atoms with van der Waals surface area (Å²) in [6.45, 7) is 4.37. The lowest BCUT2D eigenvalue weighted by molar-refractivity contribution is 0.737. The largest absolute Gasteiger partial charge is 0.238 e. The van der Waals surface area contributed by atoms with Crippen LogP contribution >= 0.6 is 0 Å². The van der Waals surface area contributed by atoms with Gasteiger partial charge in [0.25, 0.3) is 0 Å². The SMILES string of the molecule is CCCCCC#CC#Cc1cccc(-c2cccc(C#CC#CCCCCC)n2)n1. The molecule has 0 bridgehead atoms. The van der Waals surface area contributed by atoms with Gasteiger partial charge in [0.2, 0.25) is 0 Å². The Labute approximate surface area is 181 Å². The Morgan fingerprint density at radius 1 is 0.600 bits per heavy atom. The minimum Gasteiger partial charge on any atom is -0.238 e. The van der Waals surface area contributed by atoms with Gasteiger partial charge in [-0.15, -0.1) is 0 Å². The summed E-state index contributed by atoms with van der Waals surface area (Å²) in [7, 11) is 0. The number of nitrogens with zero attached hydrogens (tertiary/aromatic N) is 2. The van der Waals surface area contributed by atoms with E-state index in [2.05, 4.69) is 71.2 Å². The highest BCUT2D eigenvalue weighted by atomic mass is 14.8. The van der Waals surface area contributed by atoms with Crippen molar-refractivity contribution in [3.63, 3.8) is 0 Å². The number of pyridine rings is 2. The summed E-state index contributed by atoms with van der Waals surface area (Å²) in [6, 6.07) is 11.5. The lowest BCUT2D eigenvalue weighted by atomic mass is 10.2. The van der Waals surface area contributed by atoms with Crippen molar-refractivity contribution < 1.29 is 0 Å². The molecule has 0 spiro atoms. The van der Waals surface area contributed by atoms with Crippen LogP contribution in [0.3, 0.4) is 0 Å². The molecule has 0 aliphatic rings. The van der Waals surface area contributed by atoms with E-state index in [1.165, 1.54) is 25.7 Å². The van der Waals surface area contributed by atoms with Crippen molar-refractivity contribution in [3.05, 3.63) is 47.8 Å². The first-order valence-electron chi connectivity index (χ1n) is 10.8. The molecule has 2 aromatic heterocycles. The first kappa shape index (κ1) is 22.8. The zero-order chi connectivity index (χ0) is 21.3. The molecule has 30 heavy (non-hydrogen) atoms. The van der Waals surface area contributed by atoms with Gasteiger partial charge in [-0.3, -0.25) is 0 Å². The van der Waals surface area contributed by atoms with Crippen molar-refractivity contribution in [1.29, 1.82) is 0 Å². The van der Waals surface area contributed by atoms with Crippen LogP contribution in [0.5, 0.6) is 0 Å². The third-order valence-electron chi connectivity index (χ3n) is 4.25. The van der Waals surface area contributed by atoms with Crippen molar-refractivity contribution >= 4 is 0 Å². The second-order valence-corrected chi connectivity index (χ2v) is 6.83. The molecule has 2 heteroatoms. The van der Waals surface area contributed by atoms with Crippen LogP contribution in [0.2, 0.25) is 0 Å². The van der Waals surface area contributed by atoms with Crippen LogP contribution in [0.15, 0.2) is 36.4 Å². The quantitative estimate of drug-likeness (QED) is 0.426. The molecule has 0 aromatic carbocycles. The molecule has 0 amide bonds. The van der Waals surface area contributed by atoms with Gasteiger partial charge in [-0.25, -0.2) is 9.97 Å². The minimum absolute atomic E-state index is 0.687. The van der Waals surface area contributed by atoms with Gasteiger partial charge in [-0.05, 0) is 72.6 Å². The Bertz CT molecular complexity index is 963. The fourth-order valence-corrected chi connectivity index (χ4v) is 2.62. The molecule has 0 aliphatic heterocycles. The van der Waals surface area contributed by atoms with Crippen molar-refractivity contribution in [1.82, 2.24) is 9.97 Å². The van der Waals surface area contributed by atoms with Gasteiger partial charge >= 0.3 is 0 Å². The van der Waals surface area contributed by atoms with E-state index in [1.54, 1.807) is 0 Å². The molecule has 0 unspecified atom stereocenters. The molecule has 2 rings (SSSR count). The van der Waals surface area contributed by atoms with Crippen LogP contribution in [-0.2, 0) is 0 Å². The van der Waals surface area contributed by atoms with E-state index in [0.29, 0.717) is 11.4 Å². The fourth-order valence-electron chi connectivity index (χ4n) is 2.62. The van der Waals surface area contributed by atoms with Gasteiger partial charge in [-0.1, -0.05) is 63.5 Å². The topological polar surface area (TPSA) is 25.8 Å². The maximum atomic E-state index is 4.59. The molecule has 0 N–H and O–H groups in total. The first-order valence-corrected chi connectivity index (χ1v) is 10.8. The summed E-state index contributed by atoms with van der Waals surface area (Å²) in [6.07, 6.45) is 8.91. The average molecular weight is 393 g/mol. The van der Waals surface area contributed by atoms with E-state index in [9.17, 15) is 0 Å². The molecule has 0 radical (unpaired) electrons. The Balaban J connectivity index is 2.03. The van der Waals surface area contributed by atoms with Crippen LogP contribution in [0.25, 0.3) is 11.4 Å². The molecule has 0 fully saturated rings. The third-order valence-corrected chi connectivity index (χ3v) is 4.25. The summed E-state index contributed by atoms with van der Waals surface area (Å²) < 4.78 is 0. The molecule has 0 saturated heterocycles. The number of unbranched alkanes of at least 4 members (excludes halogenated alkanes) is 6. The van der Waals surface area contributed by atoms with Crippen LogP contribution in [-0.4, -0.2) is 9.97 Å². The summed E-state index contributed by atoms with van der Waals surface area (Å²) in [5.74, 6) is 23.8. The van der Waals surface area contributed by atoms with Crippen molar-refractivity contribution in [3.8, 4) is 58.8 Å². The Hall–Kier alpha value is -3.46. The lowest BCUT2D eigenvalue weighted by Gasteiger charge is -2.01. The molecule has 0 aliphatic carbocycles. The van der Waals surface area contributed by atoms with E-state index in [1.807, 2.05) is 36.4 Å². The van der Waals surface area contributed by atoms with Crippen molar-refractivity contribution in [2.75, 3.05) is 0 Å². The predicted molar refractivity (Wildman–Crippen MR) is 125 cm³/mol. The van der Waals surface area contributed by atoms with Crippen LogP contribution in [0, 0.1) is 47.4 Å². The summed E-state index contributed by atoms with van der Waals surface area (Å²) in [5, 5.41) is 0. The predicted octanol–water partition coefficient (Wildman–Crippen LogP) is 6.01. The highest BCUT2D eigenvalue weighted by Gasteiger charge is 2.02. The summed E-state index contributed by atoms with van der Waals surface area (Å²) in [5.41, 5.74) is 2.91.